The van der Waals surface area contributed by atoms with Crippen molar-refractivity contribution in [2.75, 3.05) is 33.2 Å². The van der Waals surface area contributed by atoms with Crippen molar-refractivity contribution >= 4 is 11.7 Å². The Morgan fingerprint density at radius 3 is 2.30 bits per heavy atom. The number of aromatic nitrogens is 1. The first-order chi connectivity index (χ1) is 14.5. The number of hydrogen-bond acceptors (Lipinski definition) is 6. The van der Waals surface area contributed by atoms with E-state index < -0.39 is 0 Å². The molecular formula is C22H25N3O5. The fourth-order valence-electron chi connectivity index (χ4n) is 2.88. The number of urea groups is 1. The van der Waals surface area contributed by atoms with E-state index in [0.717, 1.165) is 11.3 Å². The lowest BCUT2D eigenvalue weighted by atomic mass is 10.1. The molecule has 0 saturated carbocycles. The predicted molar refractivity (Wildman–Crippen MR) is 113 cm³/mol. The number of anilines is 1. The number of aryl methyl sites for hydroxylation is 1. The van der Waals surface area contributed by atoms with Crippen molar-refractivity contribution < 1.29 is 23.4 Å². The second-order valence-corrected chi connectivity index (χ2v) is 6.55. The molecule has 0 atom stereocenters. The molecule has 2 N–H and O–H groups in total. The van der Waals surface area contributed by atoms with Gasteiger partial charge in [0.1, 0.15) is 6.26 Å². The van der Waals surface area contributed by atoms with Crippen LogP contribution in [-0.2, 0) is 6.42 Å². The molecule has 1 heterocycles. The van der Waals surface area contributed by atoms with E-state index in [1.54, 1.807) is 18.4 Å². The summed E-state index contributed by atoms with van der Waals surface area (Å²) in [6, 6.07) is 10.9. The summed E-state index contributed by atoms with van der Waals surface area (Å²) in [5.41, 5.74) is 3.37. The van der Waals surface area contributed by atoms with Gasteiger partial charge in [0.05, 0.1) is 32.7 Å². The molecule has 0 bridgehead atoms. The number of methoxy groups -OCH3 is 3. The molecule has 8 heteroatoms. The second kappa shape index (κ2) is 9.69. The van der Waals surface area contributed by atoms with Crippen LogP contribution >= 0.6 is 0 Å². The molecule has 1 aromatic heterocycles. The monoisotopic (exact) mass is 411 g/mol. The average molecular weight is 411 g/mol. The summed E-state index contributed by atoms with van der Waals surface area (Å²) < 4.78 is 21.4. The van der Waals surface area contributed by atoms with Crippen LogP contribution in [0.15, 0.2) is 47.1 Å². The number of carbonyl (C=O) groups excluding carboxylic acids is 1. The fraction of sp³-hybridized carbons (Fsp3) is 0.273. The van der Waals surface area contributed by atoms with Gasteiger partial charge in [0, 0.05) is 30.7 Å². The van der Waals surface area contributed by atoms with E-state index in [1.165, 1.54) is 26.9 Å². The number of oxazole rings is 1. The van der Waals surface area contributed by atoms with Gasteiger partial charge >= 0.3 is 6.03 Å². The number of ether oxygens (including phenoxy) is 3. The highest BCUT2D eigenvalue weighted by Crippen LogP contribution is 2.39. The molecule has 0 aliphatic rings. The van der Waals surface area contributed by atoms with Gasteiger partial charge < -0.3 is 29.3 Å². The lowest BCUT2D eigenvalue weighted by Crippen LogP contribution is -2.30. The lowest BCUT2D eigenvalue weighted by molar-refractivity contribution is 0.252. The average Bonchev–Trinajstić information content (AvgIpc) is 3.22. The molecule has 0 spiro atoms. The first-order valence-corrected chi connectivity index (χ1v) is 9.40. The normalized spacial score (nSPS) is 10.4. The van der Waals surface area contributed by atoms with Crippen LogP contribution in [0.1, 0.15) is 11.3 Å². The molecule has 158 valence electrons. The molecule has 30 heavy (non-hydrogen) atoms. The molecule has 0 unspecified atom stereocenters. The van der Waals surface area contributed by atoms with Crippen molar-refractivity contribution in [3.8, 4) is 28.7 Å². The molecule has 3 aromatic rings. The SMILES string of the molecule is COc1cc(NC(=O)NCCc2coc(-c3ccc(C)cc3)n2)cc(OC)c1OC. The van der Waals surface area contributed by atoms with Crippen molar-refractivity contribution in [3.63, 3.8) is 0 Å². The van der Waals surface area contributed by atoms with Crippen LogP contribution in [0, 0.1) is 6.92 Å². The van der Waals surface area contributed by atoms with Crippen LogP contribution in [-0.4, -0.2) is 38.9 Å². The fourth-order valence-corrected chi connectivity index (χ4v) is 2.88. The standard InChI is InChI=1S/C22H25N3O5/c1-14-5-7-15(8-6-14)21-24-16(13-30-21)9-10-23-22(26)25-17-11-18(27-2)20(29-4)19(12-17)28-3/h5-8,11-13H,9-10H2,1-4H3,(H2,23,25,26). The minimum absolute atomic E-state index is 0.355. The van der Waals surface area contributed by atoms with E-state index in [-0.39, 0.29) is 6.03 Å². The highest BCUT2D eigenvalue weighted by Gasteiger charge is 2.14. The minimum Gasteiger partial charge on any atom is -0.493 e. The maximum Gasteiger partial charge on any atom is 0.319 e. The Balaban J connectivity index is 1.55. The van der Waals surface area contributed by atoms with E-state index >= 15 is 0 Å². The van der Waals surface area contributed by atoms with Crippen LogP contribution in [0.25, 0.3) is 11.5 Å². The zero-order chi connectivity index (χ0) is 21.5. The van der Waals surface area contributed by atoms with Crippen LogP contribution in [0.3, 0.4) is 0 Å². The summed E-state index contributed by atoms with van der Waals surface area (Å²) in [4.78, 5) is 16.7. The Morgan fingerprint density at radius 1 is 1.03 bits per heavy atom. The summed E-state index contributed by atoms with van der Waals surface area (Å²) >= 11 is 0. The zero-order valence-electron chi connectivity index (χ0n) is 17.4. The number of carbonyl (C=O) groups is 1. The number of amides is 2. The van der Waals surface area contributed by atoms with E-state index in [2.05, 4.69) is 15.6 Å². The predicted octanol–water partition coefficient (Wildman–Crippen LogP) is 4.04. The van der Waals surface area contributed by atoms with Gasteiger partial charge in [-0.25, -0.2) is 9.78 Å². The molecule has 0 aliphatic carbocycles. The van der Waals surface area contributed by atoms with Crippen molar-refractivity contribution in [3.05, 3.63) is 53.9 Å². The van der Waals surface area contributed by atoms with E-state index in [0.29, 0.717) is 41.8 Å². The van der Waals surface area contributed by atoms with Gasteiger partial charge in [-0.3, -0.25) is 0 Å². The van der Waals surface area contributed by atoms with Crippen molar-refractivity contribution in [1.82, 2.24) is 10.3 Å². The van der Waals surface area contributed by atoms with Gasteiger partial charge in [0.2, 0.25) is 11.6 Å². The van der Waals surface area contributed by atoms with Gasteiger partial charge in [0.25, 0.3) is 0 Å². The summed E-state index contributed by atoms with van der Waals surface area (Å²) in [5.74, 6) is 1.94. The first-order valence-electron chi connectivity index (χ1n) is 9.40. The smallest absolute Gasteiger partial charge is 0.319 e. The maximum atomic E-state index is 12.2. The second-order valence-electron chi connectivity index (χ2n) is 6.55. The van der Waals surface area contributed by atoms with Gasteiger partial charge in [-0.1, -0.05) is 17.7 Å². The van der Waals surface area contributed by atoms with Gasteiger partial charge in [0.15, 0.2) is 11.5 Å². The molecule has 0 aliphatic heterocycles. The zero-order valence-corrected chi connectivity index (χ0v) is 17.4. The molecule has 2 aromatic carbocycles. The summed E-state index contributed by atoms with van der Waals surface area (Å²) in [6.45, 7) is 2.43. The van der Waals surface area contributed by atoms with Gasteiger partial charge in [-0.05, 0) is 19.1 Å². The van der Waals surface area contributed by atoms with E-state index in [9.17, 15) is 4.79 Å². The number of nitrogens with one attached hydrogen (secondary N) is 2. The first kappa shape index (κ1) is 21.0. The van der Waals surface area contributed by atoms with Gasteiger partial charge in [-0.2, -0.15) is 0 Å². The Hall–Kier alpha value is -3.68. The van der Waals surface area contributed by atoms with Crippen molar-refractivity contribution in [2.45, 2.75) is 13.3 Å². The number of hydrogen-bond donors (Lipinski definition) is 2. The largest absolute Gasteiger partial charge is 0.493 e. The van der Waals surface area contributed by atoms with Crippen molar-refractivity contribution in [2.24, 2.45) is 0 Å². The van der Waals surface area contributed by atoms with Crippen LogP contribution in [0.2, 0.25) is 0 Å². The van der Waals surface area contributed by atoms with E-state index in [1.807, 2.05) is 31.2 Å². The van der Waals surface area contributed by atoms with E-state index in [4.69, 9.17) is 18.6 Å². The quantitative estimate of drug-likeness (QED) is 0.581. The van der Waals surface area contributed by atoms with Crippen LogP contribution < -0.4 is 24.8 Å². The molecule has 0 radical (unpaired) electrons. The third-order valence-electron chi connectivity index (χ3n) is 4.44. The molecule has 3 rings (SSSR count). The summed E-state index contributed by atoms with van der Waals surface area (Å²) in [5, 5.41) is 5.55. The molecule has 8 nitrogen and oxygen atoms in total. The van der Waals surface area contributed by atoms with Crippen LogP contribution in [0.4, 0.5) is 10.5 Å². The molecular weight excluding hydrogens is 386 g/mol. The number of nitrogens with zero attached hydrogens (tertiary/aromatic N) is 1. The third-order valence-corrected chi connectivity index (χ3v) is 4.44. The minimum atomic E-state index is -0.355. The third kappa shape index (κ3) is 5.02. The molecule has 0 saturated heterocycles. The van der Waals surface area contributed by atoms with Crippen molar-refractivity contribution in [1.29, 1.82) is 0 Å². The Morgan fingerprint density at radius 2 is 1.70 bits per heavy atom. The maximum absolute atomic E-state index is 12.2. The van der Waals surface area contributed by atoms with Crippen LogP contribution in [0.5, 0.6) is 17.2 Å². The lowest BCUT2D eigenvalue weighted by Gasteiger charge is -2.14. The number of rotatable bonds is 8. The summed E-state index contributed by atoms with van der Waals surface area (Å²) in [6.07, 6.45) is 2.14. The highest BCUT2D eigenvalue weighted by molar-refractivity contribution is 5.90. The number of benzene rings is 2. The molecule has 0 fully saturated rings. The highest BCUT2D eigenvalue weighted by atomic mass is 16.5. The Labute approximate surface area is 175 Å². The Kier molecular flexibility index (Phi) is 6.79. The summed E-state index contributed by atoms with van der Waals surface area (Å²) in [7, 11) is 4.56. The topological polar surface area (TPSA) is 94.9 Å². The molecule has 2 amide bonds. The Bertz CT molecular complexity index is 973. The van der Waals surface area contributed by atoms with Gasteiger partial charge in [-0.15, -0.1) is 0 Å².